The maximum absolute atomic E-state index is 2.69. The van der Waals surface area contributed by atoms with Crippen molar-refractivity contribution in [2.75, 3.05) is 0 Å². The number of nitrogens with zero attached hydrogens (tertiary/aromatic N) is 1. The van der Waals surface area contributed by atoms with Crippen LogP contribution in [0.5, 0.6) is 0 Å². The molecule has 0 aromatic heterocycles. The molecule has 1 fully saturated rings. The molecule has 1 heteroatoms. The molecule has 1 saturated heterocycles. The van der Waals surface area contributed by atoms with Gasteiger partial charge < -0.3 is 0 Å². The number of likely N-dealkylation sites (tertiary alicyclic amines) is 1. The van der Waals surface area contributed by atoms with E-state index < -0.39 is 0 Å². The van der Waals surface area contributed by atoms with Gasteiger partial charge in [-0.2, -0.15) is 0 Å². The van der Waals surface area contributed by atoms with Crippen LogP contribution in [-0.2, 0) is 6.54 Å². The standard InChI is InChI=1S/C21H27N/c1-16-12-13-21(19-10-5-4-6-11-19)20(14-16)15-22-17(2)8-7-9-18(22)3/h4-6,10-14,17-18H,7-9,15H2,1-3H3. The Morgan fingerprint density at radius 3 is 2.32 bits per heavy atom. The van der Waals surface area contributed by atoms with Crippen LogP contribution in [0.4, 0.5) is 0 Å². The molecule has 1 aliphatic heterocycles. The predicted octanol–water partition coefficient (Wildman–Crippen LogP) is 5.42. The zero-order valence-corrected chi connectivity index (χ0v) is 14.0. The van der Waals surface area contributed by atoms with E-state index in [1.54, 1.807) is 0 Å². The van der Waals surface area contributed by atoms with Crippen LogP contribution in [0.3, 0.4) is 0 Å². The Morgan fingerprint density at radius 1 is 0.955 bits per heavy atom. The lowest BCUT2D eigenvalue weighted by atomic mass is 9.93. The summed E-state index contributed by atoms with van der Waals surface area (Å²) >= 11 is 0. The summed E-state index contributed by atoms with van der Waals surface area (Å²) in [7, 11) is 0. The molecule has 2 atom stereocenters. The molecule has 1 nitrogen and oxygen atoms in total. The molecule has 22 heavy (non-hydrogen) atoms. The van der Waals surface area contributed by atoms with Crippen LogP contribution in [0.25, 0.3) is 11.1 Å². The van der Waals surface area contributed by atoms with Gasteiger partial charge in [0.25, 0.3) is 0 Å². The Balaban J connectivity index is 1.94. The Bertz CT molecular complexity index is 607. The normalized spacial score (nSPS) is 22.7. The van der Waals surface area contributed by atoms with Crippen LogP contribution in [-0.4, -0.2) is 17.0 Å². The minimum absolute atomic E-state index is 0.688. The highest BCUT2D eigenvalue weighted by atomic mass is 15.2. The largest absolute Gasteiger partial charge is 0.294 e. The fraction of sp³-hybridized carbons (Fsp3) is 0.429. The second kappa shape index (κ2) is 6.66. The molecular formula is C21H27N. The molecule has 1 heterocycles. The van der Waals surface area contributed by atoms with Crippen molar-refractivity contribution in [3.8, 4) is 11.1 Å². The third kappa shape index (κ3) is 3.25. The molecule has 0 radical (unpaired) electrons. The summed E-state index contributed by atoms with van der Waals surface area (Å²) < 4.78 is 0. The SMILES string of the molecule is Cc1ccc(-c2ccccc2)c(CN2C(C)CCCC2C)c1. The molecule has 116 valence electrons. The van der Waals surface area contributed by atoms with Crippen molar-refractivity contribution in [1.82, 2.24) is 4.90 Å². The van der Waals surface area contributed by atoms with Gasteiger partial charge >= 0.3 is 0 Å². The molecule has 0 amide bonds. The number of aryl methyl sites for hydroxylation is 1. The highest BCUT2D eigenvalue weighted by Crippen LogP contribution is 2.30. The van der Waals surface area contributed by atoms with Crippen molar-refractivity contribution in [3.63, 3.8) is 0 Å². The van der Waals surface area contributed by atoms with E-state index in [9.17, 15) is 0 Å². The summed E-state index contributed by atoms with van der Waals surface area (Å²) in [6.45, 7) is 8.02. The van der Waals surface area contributed by atoms with Gasteiger partial charge in [-0.15, -0.1) is 0 Å². The molecule has 0 bridgehead atoms. The Hall–Kier alpha value is -1.60. The molecule has 2 unspecified atom stereocenters. The van der Waals surface area contributed by atoms with Gasteiger partial charge in [-0.05, 0) is 50.3 Å². The lowest BCUT2D eigenvalue weighted by Gasteiger charge is -2.39. The van der Waals surface area contributed by atoms with E-state index in [0.29, 0.717) is 12.1 Å². The molecule has 2 aromatic carbocycles. The predicted molar refractivity (Wildman–Crippen MR) is 94.9 cm³/mol. The van der Waals surface area contributed by atoms with E-state index >= 15 is 0 Å². The summed E-state index contributed by atoms with van der Waals surface area (Å²) in [5.74, 6) is 0. The Morgan fingerprint density at radius 2 is 1.64 bits per heavy atom. The molecule has 0 aliphatic carbocycles. The monoisotopic (exact) mass is 293 g/mol. The van der Waals surface area contributed by atoms with Crippen LogP contribution in [0.15, 0.2) is 48.5 Å². The van der Waals surface area contributed by atoms with Gasteiger partial charge in [0.2, 0.25) is 0 Å². The number of hydrogen-bond donors (Lipinski definition) is 0. The third-order valence-corrected chi connectivity index (χ3v) is 5.07. The molecule has 2 aromatic rings. The molecule has 0 saturated carbocycles. The minimum Gasteiger partial charge on any atom is -0.294 e. The second-order valence-corrected chi connectivity index (χ2v) is 6.83. The van der Waals surface area contributed by atoms with Crippen molar-refractivity contribution in [3.05, 3.63) is 59.7 Å². The first-order valence-corrected chi connectivity index (χ1v) is 8.56. The zero-order chi connectivity index (χ0) is 15.5. The highest BCUT2D eigenvalue weighted by Gasteiger charge is 2.25. The van der Waals surface area contributed by atoms with E-state index in [-0.39, 0.29) is 0 Å². The average Bonchev–Trinajstić information content (AvgIpc) is 2.52. The van der Waals surface area contributed by atoms with Crippen LogP contribution < -0.4 is 0 Å². The second-order valence-electron chi connectivity index (χ2n) is 6.83. The molecule has 0 spiro atoms. The Labute approximate surface area is 135 Å². The summed E-state index contributed by atoms with van der Waals surface area (Å²) in [4.78, 5) is 2.69. The quantitative estimate of drug-likeness (QED) is 0.730. The number of rotatable bonds is 3. The lowest BCUT2D eigenvalue weighted by molar-refractivity contribution is 0.0954. The van der Waals surface area contributed by atoms with Crippen molar-refractivity contribution in [2.24, 2.45) is 0 Å². The summed E-state index contributed by atoms with van der Waals surface area (Å²) in [6.07, 6.45) is 4.03. The van der Waals surface area contributed by atoms with Crippen LogP contribution in [0.1, 0.15) is 44.2 Å². The van der Waals surface area contributed by atoms with Gasteiger partial charge in [-0.1, -0.05) is 60.5 Å². The molecule has 1 aliphatic rings. The van der Waals surface area contributed by atoms with Crippen LogP contribution in [0.2, 0.25) is 0 Å². The van der Waals surface area contributed by atoms with E-state index in [1.807, 2.05) is 0 Å². The lowest BCUT2D eigenvalue weighted by Crippen LogP contribution is -2.43. The van der Waals surface area contributed by atoms with Gasteiger partial charge in [-0.25, -0.2) is 0 Å². The van der Waals surface area contributed by atoms with Gasteiger partial charge in [0.15, 0.2) is 0 Å². The number of piperidine rings is 1. The smallest absolute Gasteiger partial charge is 0.0245 e. The van der Waals surface area contributed by atoms with Gasteiger partial charge in [0, 0.05) is 18.6 Å². The topological polar surface area (TPSA) is 3.24 Å². The third-order valence-electron chi connectivity index (χ3n) is 5.07. The number of hydrogen-bond acceptors (Lipinski definition) is 1. The summed E-state index contributed by atoms with van der Waals surface area (Å²) in [6, 6.07) is 19.1. The average molecular weight is 293 g/mol. The van der Waals surface area contributed by atoms with Crippen molar-refractivity contribution in [2.45, 2.75) is 58.7 Å². The fourth-order valence-corrected chi connectivity index (χ4v) is 3.74. The van der Waals surface area contributed by atoms with E-state index in [4.69, 9.17) is 0 Å². The van der Waals surface area contributed by atoms with E-state index in [2.05, 4.69) is 74.2 Å². The first-order valence-electron chi connectivity index (χ1n) is 8.56. The maximum atomic E-state index is 2.69. The van der Waals surface area contributed by atoms with Gasteiger partial charge in [0.1, 0.15) is 0 Å². The highest BCUT2D eigenvalue weighted by molar-refractivity contribution is 5.67. The van der Waals surface area contributed by atoms with Crippen molar-refractivity contribution < 1.29 is 0 Å². The van der Waals surface area contributed by atoms with E-state index in [1.165, 1.54) is 41.5 Å². The summed E-state index contributed by atoms with van der Waals surface area (Å²) in [5, 5.41) is 0. The first-order chi connectivity index (χ1) is 10.6. The molecule has 3 rings (SSSR count). The molecular weight excluding hydrogens is 266 g/mol. The summed E-state index contributed by atoms with van der Waals surface area (Å²) in [5.41, 5.74) is 5.53. The zero-order valence-electron chi connectivity index (χ0n) is 14.0. The van der Waals surface area contributed by atoms with Crippen molar-refractivity contribution >= 4 is 0 Å². The van der Waals surface area contributed by atoms with Gasteiger partial charge in [0.05, 0.1) is 0 Å². The van der Waals surface area contributed by atoms with Gasteiger partial charge in [-0.3, -0.25) is 4.90 Å². The Kier molecular flexibility index (Phi) is 4.63. The maximum Gasteiger partial charge on any atom is 0.0245 e. The van der Waals surface area contributed by atoms with Crippen LogP contribution in [0, 0.1) is 6.92 Å². The van der Waals surface area contributed by atoms with Crippen LogP contribution >= 0.6 is 0 Å². The molecule has 0 N–H and O–H groups in total. The van der Waals surface area contributed by atoms with E-state index in [0.717, 1.165) is 6.54 Å². The minimum atomic E-state index is 0.688. The van der Waals surface area contributed by atoms with Crippen molar-refractivity contribution in [1.29, 1.82) is 0 Å². The first kappa shape index (κ1) is 15.3. The fourth-order valence-electron chi connectivity index (χ4n) is 3.74. The number of benzene rings is 2.